The number of piperidine rings is 1. The Labute approximate surface area is 148 Å². The van der Waals surface area contributed by atoms with Gasteiger partial charge in [-0.15, -0.1) is 0 Å². The van der Waals surface area contributed by atoms with E-state index in [0.29, 0.717) is 6.61 Å². The highest BCUT2D eigenvalue weighted by Gasteiger charge is 2.29. The Morgan fingerprint density at radius 1 is 1.32 bits per heavy atom. The summed E-state index contributed by atoms with van der Waals surface area (Å²) in [6.45, 7) is 2.10. The van der Waals surface area contributed by atoms with Crippen molar-refractivity contribution in [2.24, 2.45) is 7.05 Å². The van der Waals surface area contributed by atoms with Gasteiger partial charge in [0.15, 0.2) is 0 Å². The van der Waals surface area contributed by atoms with Crippen molar-refractivity contribution in [3.8, 4) is 0 Å². The number of hydrogen-bond donors (Lipinski definition) is 1. The maximum atomic E-state index is 12.8. The second-order valence-electron chi connectivity index (χ2n) is 6.49. The van der Waals surface area contributed by atoms with Gasteiger partial charge in [0, 0.05) is 31.9 Å². The van der Waals surface area contributed by atoms with Crippen LogP contribution in [0.4, 0.5) is 0 Å². The molecule has 0 radical (unpaired) electrons. The van der Waals surface area contributed by atoms with Crippen molar-refractivity contribution in [3.05, 3.63) is 53.9 Å². The van der Waals surface area contributed by atoms with E-state index in [1.165, 1.54) is 5.56 Å². The summed E-state index contributed by atoms with van der Waals surface area (Å²) in [7, 11) is 3.67. The van der Waals surface area contributed by atoms with Gasteiger partial charge in [-0.25, -0.2) is 0 Å². The Bertz CT molecular complexity index is 678. The average Bonchev–Trinajstić information content (AvgIpc) is 3.08. The van der Waals surface area contributed by atoms with E-state index in [4.69, 9.17) is 4.74 Å². The summed E-state index contributed by atoms with van der Waals surface area (Å²) in [5.41, 5.74) is 2.09. The number of amides is 1. The summed E-state index contributed by atoms with van der Waals surface area (Å²) in [6, 6.07) is 9.87. The van der Waals surface area contributed by atoms with Crippen LogP contribution in [0, 0.1) is 0 Å². The molecule has 1 saturated heterocycles. The molecule has 1 N–H and O–H groups in total. The van der Waals surface area contributed by atoms with Gasteiger partial charge in [-0.1, -0.05) is 30.3 Å². The predicted molar refractivity (Wildman–Crippen MR) is 95.8 cm³/mol. The van der Waals surface area contributed by atoms with E-state index in [0.717, 1.165) is 31.5 Å². The van der Waals surface area contributed by atoms with Gasteiger partial charge in [-0.2, -0.15) is 5.10 Å². The summed E-state index contributed by atoms with van der Waals surface area (Å²) in [6.07, 6.45) is 5.60. The van der Waals surface area contributed by atoms with Crippen molar-refractivity contribution in [2.45, 2.75) is 31.6 Å². The zero-order chi connectivity index (χ0) is 17.6. The second-order valence-corrected chi connectivity index (χ2v) is 6.49. The van der Waals surface area contributed by atoms with Crippen molar-refractivity contribution in [3.63, 3.8) is 0 Å². The Morgan fingerprint density at radius 2 is 2.04 bits per heavy atom. The van der Waals surface area contributed by atoms with Crippen molar-refractivity contribution < 1.29 is 9.53 Å². The van der Waals surface area contributed by atoms with Gasteiger partial charge >= 0.3 is 0 Å². The summed E-state index contributed by atoms with van der Waals surface area (Å²) in [4.78, 5) is 14.7. The fourth-order valence-electron chi connectivity index (χ4n) is 3.24. The van der Waals surface area contributed by atoms with Crippen LogP contribution in [-0.2, 0) is 23.2 Å². The lowest BCUT2D eigenvalue weighted by Gasteiger charge is -2.34. The van der Waals surface area contributed by atoms with Crippen LogP contribution in [0.25, 0.3) is 0 Å². The van der Waals surface area contributed by atoms with Crippen molar-refractivity contribution in [2.75, 3.05) is 20.1 Å². The highest BCUT2D eigenvalue weighted by Crippen LogP contribution is 2.20. The van der Waals surface area contributed by atoms with Crippen molar-refractivity contribution >= 4 is 5.91 Å². The molecule has 134 valence electrons. The molecule has 0 spiro atoms. The minimum absolute atomic E-state index is 0.108. The topological polar surface area (TPSA) is 59.4 Å². The quantitative estimate of drug-likeness (QED) is 0.871. The standard InChI is InChI=1S/C19H26N4O2/c1-20-18(16-12-21-22(2)13-16)19(24)23-10-8-17(9-11-23)25-14-15-6-4-3-5-7-15/h3-7,12-13,17-18,20H,8-11,14H2,1-2H3. The highest BCUT2D eigenvalue weighted by atomic mass is 16.5. The van der Waals surface area contributed by atoms with E-state index in [1.807, 2.05) is 43.4 Å². The fraction of sp³-hybridized carbons (Fsp3) is 0.474. The molecule has 0 saturated carbocycles. The largest absolute Gasteiger partial charge is 0.373 e. The molecule has 1 aliphatic rings. The number of nitrogens with zero attached hydrogens (tertiary/aromatic N) is 3. The summed E-state index contributed by atoms with van der Waals surface area (Å²) < 4.78 is 7.72. The van der Waals surface area contributed by atoms with Gasteiger partial charge in [-0.3, -0.25) is 9.48 Å². The molecule has 25 heavy (non-hydrogen) atoms. The van der Waals surface area contributed by atoms with E-state index < -0.39 is 0 Å². The first-order valence-electron chi connectivity index (χ1n) is 8.77. The molecule has 2 aromatic rings. The maximum Gasteiger partial charge on any atom is 0.244 e. The fourth-order valence-corrected chi connectivity index (χ4v) is 3.24. The zero-order valence-corrected chi connectivity index (χ0v) is 14.9. The number of nitrogens with one attached hydrogen (secondary N) is 1. The van der Waals surface area contributed by atoms with Gasteiger partial charge in [0.25, 0.3) is 0 Å². The molecule has 1 aromatic heterocycles. The summed E-state index contributed by atoms with van der Waals surface area (Å²) in [5, 5.41) is 7.27. The molecule has 6 heteroatoms. The first kappa shape index (κ1) is 17.6. The van der Waals surface area contributed by atoms with E-state index in [2.05, 4.69) is 22.5 Å². The zero-order valence-electron chi connectivity index (χ0n) is 14.9. The number of aryl methyl sites for hydroxylation is 1. The first-order chi connectivity index (χ1) is 12.2. The Hall–Kier alpha value is -2.18. The molecule has 1 fully saturated rings. The van der Waals surface area contributed by atoms with Crippen LogP contribution in [0.2, 0.25) is 0 Å². The summed E-state index contributed by atoms with van der Waals surface area (Å²) >= 11 is 0. The smallest absolute Gasteiger partial charge is 0.244 e. The van der Waals surface area contributed by atoms with Crippen LogP contribution in [-0.4, -0.2) is 46.8 Å². The summed E-state index contributed by atoms with van der Waals surface area (Å²) in [5.74, 6) is 0.108. The van der Waals surface area contributed by atoms with E-state index in [-0.39, 0.29) is 18.1 Å². The van der Waals surface area contributed by atoms with Crippen molar-refractivity contribution in [1.29, 1.82) is 0 Å². The Morgan fingerprint density at radius 3 is 2.64 bits per heavy atom. The van der Waals surface area contributed by atoms with Gasteiger partial charge in [0.2, 0.25) is 5.91 Å². The van der Waals surface area contributed by atoms with Crippen molar-refractivity contribution in [1.82, 2.24) is 20.0 Å². The molecule has 6 nitrogen and oxygen atoms in total. The average molecular weight is 342 g/mol. The number of likely N-dealkylation sites (N-methyl/N-ethyl adjacent to an activating group) is 1. The van der Waals surface area contributed by atoms with E-state index >= 15 is 0 Å². The molecule has 1 unspecified atom stereocenters. The SMILES string of the molecule is CNC(C(=O)N1CCC(OCc2ccccc2)CC1)c1cnn(C)c1. The third-order valence-electron chi connectivity index (χ3n) is 4.68. The van der Waals surface area contributed by atoms with Gasteiger partial charge in [-0.05, 0) is 25.5 Å². The van der Waals surface area contributed by atoms with Gasteiger partial charge < -0.3 is 15.0 Å². The number of carbonyl (C=O) groups excluding carboxylic acids is 1. The second kappa shape index (κ2) is 8.27. The maximum absolute atomic E-state index is 12.8. The van der Waals surface area contributed by atoms with Gasteiger partial charge in [0.05, 0.1) is 18.9 Å². The Kier molecular flexibility index (Phi) is 5.83. The minimum atomic E-state index is -0.338. The molecule has 0 aliphatic carbocycles. The molecule has 0 bridgehead atoms. The van der Waals surface area contributed by atoms with E-state index in [9.17, 15) is 4.79 Å². The predicted octanol–water partition coefficient (Wildman–Crippen LogP) is 1.89. The number of rotatable bonds is 6. The highest BCUT2D eigenvalue weighted by molar-refractivity contribution is 5.83. The first-order valence-corrected chi connectivity index (χ1v) is 8.77. The lowest BCUT2D eigenvalue weighted by atomic mass is 10.0. The van der Waals surface area contributed by atoms with Crippen LogP contribution < -0.4 is 5.32 Å². The third kappa shape index (κ3) is 4.46. The van der Waals surface area contributed by atoms with Crippen LogP contribution >= 0.6 is 0 Å². The molecule has 3 rings (SSSR count). The van der Waals surface area contributed by atoms with Crippen LogP contribution in [0.1, 0.15) is 30.0 Å². The number of hydrogen-bond acceptors (Lipinski definition) is 4. The monoisotopic (exact) mass is 342 g/mol. The van der Waals surface area contributed by atoms with E-state index in [1.54, 1.807) is 10.9 Å². The lowest BCUT2D eigenvalue weighted by Crippen LogP contribution is -2.45. The molecule has 1 amide bonds. The molecular weight excluding hydrogens is 316 g/mol. The number of carbonyl (C=O) groups is 1. The number of aromatic nitrogens is 2. The minimum Gasteiger partial charge on any atom is -0.373 e. The van der Waals surface area contributed by atoms with Crippen LogP contribution in [0.15, 0.2) is 42.7 Å². The van der Waals surface area contributed by atoms with Gasteiger partial charge in [0.1, 0.15) is 6.04 Å². The third-order valence-corrected chi connectivity index (χ3v) is 4.68. The Balaban J connectivity index is 1.50. The molecule has 1 aromatic carbocycles. The molecule has 1 atom stereocenters. The van der Waals surface area contributed by atoms with Crippen LogP contribution in [0.3, 0.4) is 0 Å². The lowest BCUT2D eigenvalue weighted by molar-refractivity contribution is -0.136. The van der Waals surface area contributed by atoms with Crippen LogP contribution in [0.5, 0.6) is 0 Å². The number of ether oxygens (including phenoxy) is 1. The molecule has 2 heterocycles. The number of likely N-dealkylation sites (tertiary alicyclic amines) is 1. The number of benzene rings is 1. The molecular formula is C19H26N4O2. The molecule has 1 aliphatic heterocycles. The normalized spacial score (nSPS) is 16.8.